The largest absolute Gasteiger partial charge is 0.506 e. The number of nitrogens with one attached hydrogen (secondary N) is 1. The summed E-state index contributed by atoms with van der Waals surface area (Å²) in [6, 6.07) is 15.6. The summed E-state index contributed by atoms with van der Waals surface area (Å²) in [5, 5.41) is 19.6. The zero-order chi connectivity index (χ0) is 21.4. The Balaban J connectivity index is 2.12. The third kappa shape index (κ3) is 6.39. The highest BCUT2D eigenvalue weighted by Crippen LogP contribution is 2.22. The molecule has 0 heterocycles. The number of anilines is 1. The van der Waals surface area contributed by atoms with E-state index < -0.39 is 0 Å². The molecule has 4 nitrogen and oxygen atoms in total. The molecule has 0 aliphatic rings. The summed E-state index contributed by atoms with van der Waals surface area (Å²) in [7, 11) is 0. The number of phenolic OH excluding ortho intramolecular Hbond substituents is 1. The van der Waals surface area contributed by atoms with Gasteiger partial charge >= 0.3 is 0 Å². The van der Waals surface area contributed by atoms with Gasteiger partial charge in [-0.15, -0.1) is 0 Å². The molecule has 0 fully saturated rings. The molecule has 0 radical (unpaired) electrons. The summed E-state index contributed by atoms with van der Waals surface area (Å²) in [6.07, 6.45) is 2.99. The zero-order valence-electron chi connectivity index (χ0n) is 17.9. The van der Waals surface area contributed by atoms with Gasteiger partial charge in [-0.3, -0.25) is 0 Å². The Kier molecular flexibility index (Phi) is 7.84. The van der Waals surface area contributed by atoms with Gasteiger partial charge in [0.2, 0.25) is 0 Å². The number of rotatable bonds is 9. The van der Waals surface area contributed by atoms with Crippen molar-refractivity contribution in [3.63, 3.8) is 0 Å². The number of phenols is 1. The molecule has 0 aliphatic carbocycles. The molecule has 0 aromatic heterocycles. The number of hydrogen-bond acceptors (Lipinski definition) is 4. The third-order valence-electron chi connectivity index (χ3n) is 4.54. The highest BCUT2D eigenvalue weighted by atomic mass is 16.3. The molecule has 4 heteroatoms. The van der Waals surface area contributed by atoms with Crippen LogP contribution in [-0.4, -0.2) is 22.4 Å². The lowest BCUT2D eigenvalue weighted by Gasteiger charge is -2.21. The van der Waals surface area contributed by atoms with Gasteiger partial charge in [-0.05, 0) is 56.5 Å². The zero-order valence-corrected chi connectivity index (χ0v) is 17.9. The molecule has 0 atom stereocenters. The Morgan fingerprint density at radius 3 is 2.31 bits per heavy atom. The van der Waals surface area contributed by atoms with Crippen LogP contribution in [0.3, 0.4) is 0 Å². The fourth-order valence-corrected chi connectivity index (χ4v) is 2.84. The number of hydrazone groups is 1. The molecule has 0 amide bonds. The molecule has 0 unspecified atom stereocenters. The van der Waals surface area contributed by atoms with Crippen LogP contribution in [0.4, 0.5) is 5.69 Å². The van der Waals surface area contributed by atoms with Gasteiger partial charge in [0.25, 0.3) is 0 Å². The van der Waals surface area contributed by atoms with E-state index in [0.717, 1.165) is 34.7 Å². The summed E-state index contributed by atoms with van der Waals surface area (Å²) >= 11 is 0. The van der Waals surface area contributed by atoms with E-state index in [1.165, 1.54) is 5.56 Å². The number of para-hydroxylation sites is 2. The number of aromatic hydroxyl groups is 1. The Hall–Kier alpha value is -3.27. The topological polar surface area (TPSA) is 47.9 Å². The van der Waals surface area contributed by atoms with Gasteiger partial charge in [-0.2, -0.15) is 5.10 Å². The van der Waals surface area contributed by atoms with E-state index in [1.807, 2.05) is 39.0 Å². The Bertz CT molecular complexity index is 923. The van der Waals surface area contributed by atoms with Crippen LogP contribution in [0.5, 0.6) is 5.75 Å². The fraction of sp³-hybridized carbons (Fsp3) is 0.240. The quantitative estimate of drug-likeness (QED) is 0.236. The number of aryl methyl sites for hydroxylation is 1. The van der Waals surface area contributed by atoms with Crippen LogP contribution in [0.25, 0.3) is 0 Å². The first-order valence-corrected chi connectivity index (χ1v) is 9.80. The maximum atomic E-state index is 9.87. The Morgan fingerprint density at radius 2 is 1.72 bits per heavy atom. The van der Waals surface area contributed by atoms with E-state index in [1.54, 1.807) is 17.1 Å². The molecule has 0 saturated carbocycles. The van der Waals surface area contributed by atoms with Crippen molar-refractivity contribution in [2.75, 3.05) is 11.9 Å². The number of benzene rings is 2. The van der Waals surface area contributed by atoms with Crippen LogP contribution in [0.15, 0.2) is 89.8 Å². The SMILES string of the molecule is C=C(C)N(/N=C(\C)c1ccc(CC)cc1)C(=C)/C=C(\C)CNc1ccccc1O. The molecule has 2 aromatic carbocycles. The summed E-state index contributed by atoms with van der Waals surface area (Å²) in [6.45, 7) is 16.8. The number of nitrogens with zero attached hydrogens (tertiary/aromatic N) is 2. The number of hydrogen-bond donors (Lipinski definition) is 2. The highest BCUT2D eigenvalue weighted by Gasteiger charge is 2.08. The molecule has 0 spiro atoms. The van der Waals surface area contributed by atoms with Crippen molar-refractivity contribution in [3.8, 4) is 5.75 Å². The molecule has 2 aromatic rings. The average molecular weight is 390 g/mol. The van der Waals surface area contributed by atoms with E-state index >= 15 is 0 Å². The first-order valence-electron chi connectivity index (χ1n) is 9.80. The summed E-state index contributed by atoms with van der Waals surface area (Å²) in [4.78, 5) is 0. The van der Waals surface area contributed by atoms with Gasteiger partial charge in [-0.25, -0.2) is 5.01 Å². The lowest BCUT2D eigenvalue weighted by Crippen LogP contribution is -2.15. The van der Waals surface area contributed by atoms with Gasteiger partial charge in [0.1, 0.15) is 5.75 Å². The van der Waals surface area contributed by atoms with Crippen LogP contribution < -0.4 is 5.32 Å². The van der Waals surface area contributed by atoms with Crippen LogP contribution in [0.2, 0.25) is 0 Å². The Labute approximate surface area is 174 Å². The van der Waals surface area contributed by atoms with E-state index in [-0.39, 0.29) is 5.75 Å². The minimum absolute atomic E-state index is 0.233. The van der Waals surface area contributed by atoms with E-state index in [9.17, 15) is 5.11 Å². The van der Waals surface area contributed by atoms with Crippen molar-refractivity contribution < 1.29 is 5.11 Å². The fourth-order valence-electron chi connectivity index (χ4n) is 2.84. The van der Waals surface area contributed by atoms with Crippen LogP contribution >= 0.6 is 0 Å². The molecule has 29 heavy (non-hydrogen) atoms. The number of allylic oxidation sites excluding steroid dienone is 2. The lowest BCUT2D eigenvalue weighted by molar-refractivity contribution is 0.473. The summed E-state index contributed by atoms with van der Waals surface area (Å²) in [5.41, 5.74) is 6.56. The van der Waals surface area contributed by atoms with Crippen molar-refractivity contribution in [1.29, 1.82) is 0 Å². The van der Waals surface area contributed by atoms with Gasteiger partial charge < -0.3 is 10.4 Å². The monoisotopic (exact) mass is 389 g/mol. The third-order valence-corrected chi connectivity index (χ3v) is 4.54. The van der Waals surface area contributed by atoms with Crippen LogP contribution in [0, 0.1) is 0 Å². The first-order chi connectivity index (χ1) is 13.8. The minimum Gasteiger partial charge on any atom is -0.506 e. The summed E-state index contributed by atoms with van der Waals surface area (Å²) in [5.74, 6) is 0.233. The van der Waals surface area contributed by atoms with Crippen molar-refractivity contribution in [2.45, 2.75) is 34.1 Å². The molecule has 0 bridgehead atoms. The molecular weight excluding hydrogens is 358 g/mol. The van der Waals surface area contributed by atoms with Crippen molar-refractivity contribution in [2.24, 2.45) is 5.10 Å². The maximum Gasteiger partial charge on any atom is 0.138 e. The Morgan fingerprint density at radius 1 is 1.07 bits per heavy atom. The molecular formula is C25H31N3O. The van der Waals surface area contributed by atoms with E-state index in [0.29, 0.717) is 12.2 Å². The highest BCUT2D eigenvalue weighted by molar-refractivity contribution is 5.98. The van der Waals surface area contributed by atoms with Gasteiger partial charge in [0.05, 0.1) is 17.1 Å². The van der Waals surface area contributed by atoms with E-state index in [4.69, 9.17) is 5.10 Å². The van der Waals surface area contributed by atoms with Crippen molar-refractivity contribution in [1.82, 2.24) is 5.01 Å². The van der Waals surface area contributed by atoms with Gasteiger partial charge in [0, 0.05) is 12.2 Å². The second-order valence-corrected chi connectivity index (χ2v) is 7.14. The molecule has 0 saturated heterocycles. The van der Waals surface area contributed by atoms with Crippen LogP contribution in [0.1, 0.15) is 38.8 Å². The molecule has 0 aliphatic heterocycles. The van der Waals surface area contributed by atoms with Crippen molar-refractivity contribution >= 4 is 11.4 Å². The average Bonchev–Trinajstić information content (AvgIpc) is 2.71. The molecule has 2 N–H and O–H groups in total. The minimum atomic E-state index is 0.233. The standard InChI is InChI=1S/C25H31N3O/c1-7-22-12-14-23(15-13-22)21(6)27-28(18(2)3)20(5)16-19(4)17-26-24-10-8-9-11-25(24)29/h8-16,26,29H,2,5,7,17H2,1,3-4,6H3/b19-16+,27-21+. The lowest BCUT2D eigenvalue weighted by atomic mass is 10.1. The molecule has 152 valence electrons. The smallest absolute Gasteiger partial charge is 0.138 e. The second-order valence-electron chi connectivity index (χ2n) is 7.14. The predicted octanol–water partition coefficient (Wildman–Crippen LogP) is 6.09. The van der Waals surface area contributed by atoms with Gasteiger partial charge in [0.15, 0.2) is 0 Å². The second kappa shape index (κ2) is 10.3. The summed E-state index contributed by atoms with van der Waals surface area (Å²) < 4.78 is 0. The van der Waals surface area contributed by atoms with E-state index in [2.05, 4.69) is 49.7 Å². The maximum absolute atomic E-state index is 9.87. The predicted molar refractivity (Wildman–Crippen MR) is 124 cm³/mol. The van der Waals surface area contributed by atoms with Crippen LogP contribution in [-0.2, 0) is 6.42 Å². The molecule has 2 rings (SSSR count). The normalized spacial score (nSPS) is 11.9. The van der Waals surface area contributed by atoms with Gasteiger partial charge in [-0.1, -0.05) is 62.1 Å². The first kappa shape index (κ1) is 22.0. The van der Waals surface area contributed by atoms with Crippen molar-refractivity contribution in [3.05, 3.63) is 95.9 Å².